The van der Waals surface area contributed by atoms with E-state index in [1.54, 1.807) is 0 Å². The Morgan fingerprint density at radius 2 is 1.79 bits per heavy atom. The van der Waals surface area contributed by atoms with E-state index in [-0.39, 0.29) is 0 Å². The molecular formula is C16H34N2O. The Morgan fingerprint density at radius 1 is 1.16 bits per heavy atom. The van der Waals surface area contributed by atoms with Crippen molar-refractivity contribution < 1.29 is 4.74 Å². The van der Waals surface area contributed by atoms with Crippen LogP contribution in [-0.4, -0.2) is 49.8 Å². The van der Waals surface area contributed by atoms with Gasteiger partial charge in [-0.3, -0.25) is 4.90 Å². The summed E-state index contributed by atoms with van der Waals surface area (Å²) in [5, 5.41) is 3.73. The topological polar surface area (TPSA) is 24.5 Å². The van der Waals surface area contributed by atoms with Gasteiger partial charge < -0.3 is 10.1 Å². The van der Waals surface area contributed by atoms with Gasteiger partial charge in [-0.25, -0.2) is 0 Å². The summed E-state index contributed by atoms with van der Waals surface area (Å²) in [6, 6.07) is 1.15. The minimum atomic E-state index is 0.546. The van der Waals surface area contributed by atoms with Gasteiger partial charge in [0.15, 0.2) is 0 Å². The first-order valence-electron chi connectivity index (χ1n) is 8.09. The fourth-order valence-corrected chi connectivity index (χ4v) is 2.93. The molecule has 2 unspecified atom stereocenters. The van der Waals surface area contributed by atoms with Crippen molar-refractivity contribution in [2.75, 3.05) is 32.8 Å². The average molecular weight is 270 g/mol. The first-order chi connectivity index (χ1) is 9.04. The first kappa shape index (κ1) is 16.9. The molecule has 3 heteroatoms. The van der Waals surface area contributed by atoms with Crippen LogP contribution in [0, 0.1) is 11.8 Å². The molecule has 1 fully saturated rings. The molecule has 0 aromatic heterocycles. The highest BCUT2D eigenvalue weighted by Crippen LogP contribution is 2.18. The second-order valence-corrected chi connectivity index (χ2v) is 6.73. The minimum absolute atomic E-state index is 0.546. The number of rotatable bonds is 8. The van der Waals surface area contributed by atoms with Crippen LogP contribution in [0.4, 0.5) is 0 Å². The average Bonchev–Trinajstić information content (AvgIpc) is 2.35. The highest BCUT2D eigenvalue weighted by Gasteiger charge is 2.30. The van der Waals surface area contributed by atoms with E-state index in [0.717, 1.165) is 26.2 Å². The summed E-state index contributed by atoms with van der Waals surface area (Å²) in [5.74, 6) is 1.43. The third kappa shape index (κ3) is 6.24. The van der Waals surface area contributed by atoms with Crippen LogP contribution in [0.2, 0.25) is 0 Å². The van der Waals surface area contributed by atoms with E-state index in [1.807, 2.05) is 0 Å². The van der Waals surface area contributed by atoms with Crippen LogP contribution in [-0.2, 0) is 4.74 Å². The summed E-state index contributed by atoms with van der Waals surface area (Å²) >= 11 is 0. The molecule has 1 aliphatic heterocycles. The Morgan fingerprint density at radius 3 is 2.32 bits per heavy atom. The highest BCUT2D eigenvalue weighted by atomic mass is 16.5. The van der Waals surface area contributed by atoms with E-state index in [1.165, 1.54) is 19.5 Å². The Labute approximate surface area is 120 Å². The molecule has 1 rings (SSSR count). The predicted molar refractivity (Wildman–Crippen MR) is 82.6 cm³/mol. The van der Waals surface area contributed by atoms with Crippen molar-refractivity contribution in [2.24, 2.45) is 11.8 Å². The lowest BCUT2D eigenvalue weighted by molar-refractivity contribution is -0.0109. The van der Waals surface area contributed by atoms with Gasteiger partial charge in [0, 0.05) is 31.8 Å². The number of hydrogen-bond donors (Lipinski definition) is 1. The monoisotopic (exact) mass is 270 g/mol. The first-order valence-corrected chi connectivity index (χ1v) is 8.09. The Kier molecular flexibility index (Phi) is 7.96. The van der Waals surface area contributed by atoms with Crippen molar-refractivity contribution in [1.82, 2.24) is 10.2 Å². The van der Waals surface area contributed by atoms with Gasteiger partial charge in [-0.2, -0.15) is 0 Å². The fourth-order valence-electron chi connectivity index (χ4n) is 2.93. The summed E-state index contributed by atoms with van der Waals surface area (Å²) in [6.45, 7) is 16.8. The van der Waals surface area contributed by atoms with Gasteiger partial charge in [-0.15, -0.1) is 0 Å². The van der Waals surface area contributed by atoms with Crippen LogP contribution in [0.3, 0.4) is 0 Å². The Bertz CT molecular complexity index is 221. The highest BCUT2D eigenvalue weighted by molar-refractivity contribution is 4.88. The molecule has 0 aliphatic carbocycles. The lowest BCUT2D eigenvalue weighted by atomic mass is 9.99. The predicted octanol–water partition coefficient (Wildman–Crippen LogP) is 2.76. The van der Waals surface area contributed by atoms with Gasteiger partial charge in [0.2, 0.25) is 0 Å². The molecule has 1 N–H and O–H groups in total. The van der Waals surface area contributed by atoms with Crippen molar-refractivity contribution in [3.05, 3.63) is 0 Å². The molecule has 2 atom stereocenters. The lowest BCUT2D eigenvalue weighted by Gasteiger charge is -2.41. The molecule has 0 aromatic rings. The Balaban J connectivity index is 2.65. The molecule has 0 radical (unpaired) electrons. The van der Waals surface area contributed by atoms with Gasteiger partial charge in [-0.1, -0.05) is 34.6 Å². The van der Waals surface area contributed by atoms with Gasteiger partial charge in [-0.05, 0) is 31.2 Å². The van der Waals surface area contributed by atoms with Crippen LogP contribution < -0.4 is 5.32 Å². The molecule has 3 nitrogen and oxygen atoms in total. The van der Waals surface area contributed by atoms with E-state index in [9.17, 15) is 0 Å². The summed E-state index contributed by atoms with van der Waals surface area (Å²) in [6.07, 6.45) is 2.36. The third-order valence-corrected chi connectivity index (χ3v) is 3.65. The van der Waals surface area contributed by atoms with Gasteiger partial charge in [0.05, 0.1) is 6.61 Å². The normalized spacial score (nSPS) is 24.6. The standard InChI is InChI=1S/C16H34N2O/c1-6-8-17-15-7-9-19-12-16(15)18(10-13(2)3)11-14(4)5/h13-17H,6-12H2,1-5H3. The second kappa shape index (κ2) is 8.93. The number of hydrogen-bond acceptors (Lipinski definition) is 3. The maximum absolute atomic E-state index is 5.75. The summed E-state index contributed by atoms with van der Waals surface area (Å²) < 4.78 is 5.75. The molecular weight excluding hydrogens is 236 g/mol. The quantitative estimate of drug-likeness (QED) is 0.734. The molecule has 1 aliphatic rings. The molecule has 19 heavy (non-hydrogen) atoms. The molecule has 0 aromatic carbocycles. The second-order valence-electron chi connectivity index (χ2n) is 6.73. The molecule has 1 heterocycles. The number of ether oxygens (including phenoxy) is 1. The number of nitrogens with zero attached hydrogens (tertiary/aromatic N) is 1. The van der Waals surface area contributed by atoms with Crippen LogP contribution >= 0.6 is 0 Å². The van der Waals surface area contributed by atoms with Crippen molar-refractivity contribution in [3.63, 3.8) is 0 Å². The molecule has 0 spiro atoms. The molecule has 0 saturated carbocycles. The van der Waals surface area contributed by atoms with Crippen LogP contribution in [0.1, 0.15) is 47.5 Å². The number of nitrogens with one attached hydrogen (secondary N) is 1. The Hall–Kier alpha value is -0.120. The zero-order valence-electron chi connectivity index (χ0n) is 13.6. The molecule has 1 saturated heterocycles. The maximum atomic E-state index is 5.75. The zero-order chi connectivity index (χ0) is 14.3. The van der Waals surface area contributed by atoms with Crippen molar-refractivity contribution in [2.45, 2.75) is 59.5 Å². The van der Waals surface area contributed by atoms with Crippen LogP contribution in [0.15, 0.2) is 0 Å². The lowest BCUT2D eigenvalue weighted by Crippen LogP contribution is -2.57. The smallest absolute Gasteiger partial charge is 0.0637 e. The van der Waals surface area contributed by atoms with Crippen LogP contribution in [0.5, 0.6) is 0 Å². The van der Waals surface area contributed by atoms with Gasteiger partial charge in [0.1, 0.15) is 0 Å². The van der Waals surface area contributed by atoms with Crippen LogP contribution in [0.25, 0.3) is 0 Å². The van der Waals surface area contributed by atoms with E-state index in [2.05, 4.69) is 44.8 Å². The maximum Gasteiger partial charge on any atom is 0.0637 e. The summed E-state index contributed by atoms with van der Waals surface area (Å²) in [5.41, 5.74) is 0. The van der Waals surface area contributed by atoms with Crippen molar-refractivity contribution >= 4 is 0 Å². The van der Waals surface area contributed by atoms with E-state index < -0.39 is 0 Å². The fraction of sp³-hybridized carbons (Fsp3) is 1.00. The van der Waals surface area contributed by atoms with E-state index >= 15 is 0 Å². The van der Waals surface area contributed by atoms with Crippen molar-refractivity contribution in [3.8, 4) is 0 Å². The largest absolute Gasteiger partial charge is 0.380 e. The SMILES string of the molecule is CCCNC1CCOCC1N(CC(C)C)CC(C)C. The van der Waals surface area contributed by atoms with Crippen molar-refractivity contribution in [1.29, 1.82) is 0 Å². The molecule has 0 amide bonds. The summed E-state index contributed by atoms with van der Waals surface area (Å²) in [4.78, 5) is 2.65. The summed E-state index contributed by atoms with van der Waals surface area (Å²) in [7, 11) is 0. The zero-order valence-corrected chi connectivity index (χ0v) is 13.6. The van der Waals surface area contributed by atoms with E-state index in [0.29, 0.717) is 23.9 Å². The third-order valence-electron chi connectivity index (χ3n) is 3.65. The molecule has 114 valence electrons. The van der Waals surface area contributed by atoms with Gasteiger partial charge in [0.25, 0.3) is 0 Å². The minimum Gasteiger partial charge on any atom is -0.380 e. The molecule has 0 bridgehead atoms. The van der Waals surface area contributed by atoms with E-state index in [4.69, 9.17) is 4.74 Å². The van der Waals surface area contributed by atoms with Gasteiger partial charge >= 0.3 is 0 Å².